The Labute approximate surface area is 82.5 Å². The van der Waals surface area contributed by atoms with Crippen molar-refractivity contribution in [2.75, 3.05) is 6.61 Å². The summed E-state index contributed by atoms with van der Waals surface area (Å²) in [6.45, 7) is 2.13. The van der Waals surface area contributed by atoms with Gasteiger partial charge in [-0.1, -0.05) is 18.2 Å². The van der Waals surface area contributed by atoms with Crippen LogP contribution in [0.15, 0.2) is 24.3 Å². The molecule has 2 atom stereocenters. The molecule has 1 aliphatic carbocycles. The van der Waals surface area contributed by atoms with Crippen LogP contribution >= 0.6 is 0 Å². The number of aliphatic carboxylic acids is 1. The third kappa shape index (κ3) is 2.21. The maximum Gasteiger partial charge on any atom is 0.306 e. The molecular formula is C10H14O4. The summed E-state index contributed by atoms with van der Waals surface area (Å²) >= 11 is 0. The van der Waals surface area contributed by atoms with Crippen molar-refractivity contribution < 1.29 is 19.7 Å². The average molecular weight is 198 g/mol. The molecule has 0 aliphatic heterocycles. The number of aliphatic hydroxyl groups is 1. The van der Waals surface area contributed by atoms with Crippen molar-refractivity contribution >= 4 is 5.97 Å². The fourth-order valence-corrected chi connectivity index (χ4v) is 1.50. The second kappa shape index (κ2) is 4.39. The molecular weight excluding hydrogens is 184 g/mol. The zero-order chi connectivity index (χ0) is 10.6. The summed E-state index contributed by atoms with van der Waals surface area (Å²) in [5, 5.41) is 18.4. The van der Waals surface area contributed by atoms with Crippen molar-refractivity contribution in [2.24, 2.45) is 0 Å². The summed E-state index contributed by atoms with van der Waals surface area (Å²) in [5.74, 6) is -0.988. The quantitative estimate of drug-likeness (QED) is 0.698. The van der Waals surface area contributed by atoms with Crippen molar-refractivity contribution in [1.29, 1.82) is 0 Å². The number of carbonyl (C=O) groups is 1. The lowest BCUT2D eigenvalue weighted by Gasteiger charge is -2.33. The van der Waals surface area contributed by atoms with Crippen molar-refractivity contribution in [3.05, 3.63) is 24.3 Å². The topological polar surface area (TPSA) is 66.8 Å². The normalized spacial score (nSPS) is 30.6. The van der Waals surface area contributed by atoms with Crippen LogP contribution in [0.2, 0.25) is 0 Å². The number of ether oxygens (including phenoxy) is 1. The number of aliphatic hydroxyl groups excluding tert-OH is 1. The van der Waals surface area contributed by atoms with Crippen molar-refractivity contribution in [3.8, 4) is 0 Å². The molecule has 0 saturated heterocycles. The molecule has 0 heterocycles. The lowest BCUT2D eigenvalue weighted by molar-refractivity contribution is -0.147. The first-order chi connectivity index (χ1) is 6.60. The fraction of sp³-hybridized carbons (Fsp3) is 0.500. The van der Waals surface area contributed by atoms with E-state index in [9.17, 15) is 9.90 Å². The Morgan fingerprint density at radius 3 is 2.79 bits per heavy atom. The van der Waals surface area contributed by atoms with Crippen LogP contribution in [-0.4, -0.2) is 34.5 Å². The predicted octanol–water partition coefficient (Wildman–Crippen LogP) is 0.723. The molecule has 0 saturated carbocycles. The third-order valence-electron chi connectivity index (χ3n) is 2.12. The van der Waals surface area contributed by atoms with Crippen LogP contribution in [0.3, 0.4) is 0 Å². The van der Waals surface area contributed by atoms with E-state index in [0.29, 0.717) is 6.61 Å². The Bertz CT molecular complexity index is 269. The molecule has 4 heteroatoms. The molecule has 0 amide bonds. The first-order valence-electron chi connectivity index (χ1n) is 4.50. The van der Waals surface area contributed by atoms with Crippen LogP contribution in [0.5, 0.6) is 0 Å². The summed E-state index contributed by atoms with van der Waals surface area (Å²) in [4.78, 5) is 10.6. The maximum absolute atomic E-state index is 10.6. The smallest absolute Gasteiger partial charge is 0.306 e. The summed E-state index contributed by atoms with van der Waals surface area (Å²) in [6, 6.07) is 0. The van der Waals surface area contributed by atoms with Gasteiger partial charge in [-0.05, 0) is 13.0 Å². The minimum atomic E-state index is -1.10. The van der Waals surface area contributed by atoms with E-state index in [1.54, 1.807) is 25.2 Å². The Morgan fingerprint density at radius 2 is 2.29 bits per heavy atom. The molecule has 0 aromatic rings. The average Bonchev–Trinajstić information content (AvgIpc) is 2.09. The summed E-state index contributed by atoms with van der Waals surface area (Å²) in [6.07, 6.45) is 5.34. The zero-order valence-corrected chi connectivity index (χ0v) is 8.01. The van der Waals surface area contributed by atoms with Crippen LogP contribution in [-0.2, 0) is 9.53 Å². The van der Waals surface area contributed by atoms with E-state index in [1.165, 1.54) is 6.08 Å². The van der Waals surface area contributed by atoms with Crippen LogP contribution in [0, 0.1) is 0 Å². The number of hydrogen-bond acceptors (Lipinski definition) is 3. The van der Waals surface area contributed by atoms with E-state index in [0.717, 1.165) is 0 Å². The van der Waals surface area contributed by atoms with E-state index >= 15 is 0 Å². The minimum absolute atomic E-state index is 0.233. The lowest BCUT2D eigenvalue weighted by Crippen LogP contribution is -2.45. The standard InChI is InChI=1S/C10H14O4/c1-2-14-10(7-9(12)13)6-4-3-5-8(10)11/h3-6,8,11H,2,7H2,1H3,(H,12,13). The number of carboxylic acids is 1. The molecule has 1 aliphatic rings. The fourth-order valence-electron chi connectivity index (χ4n) is 1.50. The first kappa shape index (κ1) is 10.9. The van der Waals surface area contributed by atoms with Crippen LogP contribution in [0.1, 0.15) is 13.3 Å². The monoisotopic (exact) mass is 198 g/mol. The van der Waals surface area contributed by atoms with Gasteiger partial charge in [0.05, 0.1) is 6.42 Å². The zero-order valence-electron chi connectivity index (χ0n) is 8.01. The van der Waals surface area contributed by atoms with Crippen LogP contribution in [0.4, 0.5) is 0 Å². The van der Waals surface area contributed by atoms with Crippen molar-refractivity contribution in [2.45, 2.75) is 25.0 Å². The second-order valence-electron chi connectivity index (χ2n) is 3.15. The predicted molar refractivity (Wildman–Crippen MR) is 50.9 cm³/mol. The summed E-state index contributed by atoms with van der Waals surface area (Å²) in [5.41, 5.74) is -1.10. The largest absolute Gasteiger partial charge is 0.481 e. The summed E-state index contributed by atoms with van der Waals surface area (Å²) in [7, 11) is 0. The second-order valence-corrected chi connectivity index (χ2v) is 3.15. The van der Waals surface area contributed by atoms with E-state index in [2.05, 4.69) is 0 Å². The van der Waals surface area contributed by atoms with Crippen molar-refractivity contribution in [3.63, 3.8) is 0 Å². The van der Waals surface area contributed by atoms with Gasteiger partial charge in [0.25, 0.3) is 0 Å². The highest BCUT2D eigenvalue weighted by molar-refractivity contribution is 5.69. The molecule has 2 unspecified atom stereocenters. The molecule has 2 N–H and O–H groups in total. The molecule has 4 nitrogen and oxygen atoms in total. The highest BCUT2D eigenvalue weighted by Gasteiger charge is 2.38. The highest BCUT2D eigenvalue weighted by atomic mass is 16.5. The van der Waals surface area contributed by atoms with Crippen LogP contribution < -0.4 is 0 Å². The Hall–Kier alpha value is -1.13. The van der Waals surface area contributed by atoms with Gasteiger partial charge in [-0.3, -0.25) is 4.79 Å². The van der Waals surface area contributed by atoms with E-state index in [1.807, 2.05) is 0 Å². The molecule has 0 bridgehead atoms. The van der Waals surface area contributed by atoms with Gasteiger partial charge in [0.15, 0.2) is 0 Å². The molecule has 78 valence electrons. The Morgan fingerprint density at radius 1 is 1.57 bits per heavy atom. The first-order valence-corrected chi connectivity index (χ1v) is 4.50. The van der Waals surface area contributed by atoms with Gasteiger partial charge in [0.2, 0.25) is 0 Å². The Kier molecular flexibility index (Phi) is 3.43. The van der Waals surface area contributed by atoms with Gasteiger partial charge in [0, 0.05) is 6.61 Å². The number of carboxylic acid groups (broad SMARTS) is 1. The SMILES string of the molecule is CCOC1(CC(=O)O)C=CC=CC1O. The Balaban J connectivity index is 2.85. The van der Waals surface area contributed by atoms with Gasteiger partial charge >= 0.3 is 5.97 Å². The number of hydrogen-bond donors (Lipinski definition) is 2. The minimum Gasteiger partial charge on any atom is -0.481 e. The molecule has 0 aromatic heterocycles. The number of rotatable bonds is 4. The van der Waals surface area contributed by atoms with Gasteiger partial charge in [-0.25, -0.2) is 0 Å². The van der Waals surface area contributed by atoms with E-state index in [4.69, 9.17) is 9.84 Å². The van der Waals surface area contributed by atoms with E-state index in [-0.39, 0.29) is 6.42 Å². The highest BCUT2D eigenvalue weighted by Crippen LogP contribution is 2.26. The lowest BCUT2D eigenvalue weighted by atomic mass is 9.88. The number of allylic oxidation sites excluding steroid dienone is 2. The van der Waals surface area contributed by atoms with Gasteiger partial charge in [-0.15, -0.1) is 0 Å². The maximum atomic E-state index is 10.6. The van der Waals surface area contributed by atoms with Crippen LogP contribution in [0.25, 0.3) is 0 Å². The van der Waals surface area contributed by atoms with Crippen molar-refractivity contribution in [1.82, 2.24) is 0 Å². The van der Waals surface area contributed by atoms with Gasteiger partial charge in [0.1, 0.15) is 11.7 Å². The molecule has 0 aromatic carbocycles. The molecule has 0 fully saturated rings. The van der Waals surface area contributed by atoms with Gasteiger partial charge in [-0.2, -0.15) is 0 Å². The molecule has 0 radical (unpaired) electrons. The van der Waals surface area contributed by atoms with E-state index < -0.39 is 17.7 Å². The third-order valence-corrected chi connectivity index (χ3v) is 2.12. The molecule has 14 heavy (non-hydrogen) atoms. The van der Waals surface area contributed by atoms with Gasteiger partial charge < -0.3 is 14.9 Å². The molecule has 0 spiro atoms. The molecule has 1 rings (SSSR count). The summed E-state index contributed by atoms with van der Waals surface area (Å²) < 4.78 is 5.32.